The van der Waals surface area contributed by atoms with Gasteiger partial charge in [0, 0.05) is 17.5 Å². The molecule has 0 radical (unpaired) electrons. The van der Waals surface area contributed by atoms with Gasteiger partial charge in [-0.05, 0) is 24.3 Å². The highest BCUT2D eigenvalue weighted by Gasteiger charge is 2.29. The van der Waals surface area contributed by atoms with E-state index >= 15 is 0 Å². The minimum absolute atomic E-state index is 0.273. The standard InChI is InChI=1S/C14H18N4O2S2/c19-12(15-9-14(20)5-2-1-3-6-14)16-13-18-17-11(22-13)10-4-7-21-8-10/h4,7-8,20H,1-3,5-6,9H2,(H2,15,16,18,19). The van der Waals surface area contributed by atoms with Gasteiger partial charge in [-0.15, -0.1) is 10.2 Å². The molecule has 0 unspecified atom stereocenters. The van der Waals surface area contributed by atoms with Crippen molar-refractivity contribution in [3.63, 3.8) is 0 Å². The lowest BCUT2D eigenvalue weighted by molar-refractivity contribution is 0.00755. The minimum atomic E-state index is -0.765. The first-order valence-electron chi connectivity index (χ1n) is 7.28. The number of amides is 2. The van der Waals surface area contributed by atoms with E-state index in [0.29, 0.717) is 5.13 Å². The van der Waals surface area contributed by atoms with Gasteiger partial charge in [0.1, 0.15) is 5.01 Å². The van der Waals surface area contributed by atoms with E-state index in [1.54, 1.807) is 11.3 Å². The Balaban J connectivity index is 1.51. The number of urea groups is 1. The summed E-state index contributed by atoms with van der Waals surface area (Å²) in [4.78, 5) is 11.9. The van der Waals surface area contributed by atoms with E-state index in [1.807, 2.05) is 16.8 Å². The molecule has 1 fully saturated rings. The van der Waals surface area contributed by atoms with Crippen LogP contribution in [0.4, 0.5) is 9.93 Å². The number of hydrogen-bond donors (Lipinski definition) is 3. The number of nitrogens with zero attached hydrogens (tertiary/aromatic N) is 2. The fraction of sp³-hybridized carbons (Fsp3) is 0.500. The number of nitrogens with one attached hydrogen (secondary N) is 2. The maximum Gasteiger partial charge on any atom is 0.321 e. The van der Waals surface area contributed by atoms with Gasteiger partial charge in [-0.3, -0.25) is 5.32 Å². The van der Waals surface area contributed by atoms with Crippen molar-refractivity contribution in [2.24, 2.45) is 0 Å². The monoisotopic (exact) mass is 338 g/mol. The zero-order chi connectivity index (χ0) is 15.4. The summed E-state index contributed by atoms with van der Waals surface area (Å²) in [7, 11) is 0. The van der Waals surface area contributed by atoms with E-state index in [2.05, 4.69) is 20.8 Å². The van der Waals surface area contributed by atoms with Gasteiger partial charge in [0.25, 0.3) is 0 Å². The molecule has 0 saturated heterocycles. The highest BCUT2D eigenvalue weighted by Crippen LogP contribution is 2.28. The summed E-state index contributed by atoms with van der Waals surface area (Å²) in [6.45, 7) is 0.273. The molecule has 1 saturated carbocycles. The average Bonchev–Trinajstić information content (AvgIpc) is 3.17. The topological polar surface area (TPSA) is 87.1 Å². The maximum atomic E-state index is 11.9. The van der Waals surface area contributed by atoms with Crippen LogP contribution in [0.1, 0.15) is 32.1 Å². The molecular formula is C14H18N4O2S2. The molecule has 2 amide bonds. The zero-order valence-electron chi connectivity index (χ0n) is 12.0. The molecule has 0 aromatic carbocycles. The van der Waals surface area contributed by atoms with Crippen molar-refractivity contribution in [1.29, 1.82) is 0 Å². The summed E-state index contributed by atoms with van der Waals surface area (Å²) in [6.07, 6.45) is 4.67. The van der Waals surface area contributed by atoms with Gasteiger partial charge in [0.05, 0.1) is 5.60 Å². The van der Waals surface area contributed by atoms with Crippen LogP contribution >= 0.6 is 22.7 Å². The number of thiophene rings is 1. The van der Waals surface area contributed by atoms with Crippen LogP contribution in [0.15, 0.2) is 16.8 Å². The second kappa shape index (κ2) is 6.72. The van der Waals surface area contributed by atoms with Crippen LogP contribution in [0, 0.1) is 0 Å². The Morgan fingerprint density at radius 3 is 2.86 bits per heavy atom. The number of aliphatic hydroxyl groups is 1. The molecule has 2 heterocycles. The number of aromatic nitrogens is 2. The molecule has 0 atom stereocenters. The Kier molecular flexibility index (Phi) is 4.70. The highest BCUT2D eigenvalue weighted by atomic mass is 32.1. The average molecular weight is 338 g/mol. The summed E-state index contributed by atoms with van der Waals surface area (Å²) in [5.74, 6) is 0. The van der Waals surface area contributed by atoms with Crippen molar-refractivity contribution >= 4 is 33.8 Å². The lowest BCUT2D eigenvalue weighted by atomic mass is 9.85. The summed E-state index contributed by atoms with van der Waals surface area (Å²) in [5.41, 5.74) is 0.242. The quantitative estimate of drug-likeness (QED) is 0.799. The Morgan fingerprint density at radius 1 is 1.32 bits per heavy atom. The second-order valence-electron chi connectivity index (χ2n) is 5.52. The molecule has 3 rings (SSSR count). The van der Waals surface area contributed by atoms with Crippen molar-refractivity contribution in [3.05, 3.63) is 16.8 Å². The van der Waals surface area contributed by atoms with Gasteiger partial charge < -0.3 is 10.4 Å². The van der Waals surface area contributed by atoms with Crippen LogP contribution in [-0.2, 0) is 0 Å². The van der Waals surface area contributed by atoms with E-state index in [0.717, 1.165) is 42.7 Å². The first kappa shape index (κ1) is 15.4. The second-order valence-corrected chi connectivity index (χ2v) is 7.27. The molecule has 0 bridgehead atoms. The molecule has 2 aromatic rings. The van der Waals surface area contributed by atoms with Gasteiger partial charge >= 0.3 is 6.03 Å². The number of carbonyl (C=O) groups excluding carboxylic acids is 1. The highest BCUT2D eigenvalue weighted by molar-refractivity contribution is 7.19. The van der Waals surface area contributed by atoms with Crippen LogP contribution in [0.25, 0.3) is 10.6 Å². The van der Waals surface area contributed by atoms with E-state index in [9.17, 15) is 9.90 Å². The van der Waals surface area contributed by atoms with Crippen molar-refractivity contribution in [2.75, 3.05) is 11.9 Å². The molecule has 1 aliphatic rings. The molecule has 0 aliphatic heterocycles. The van der Waals surface area contributed by atoms with Crippen LogP contribution < -0.4 is 10.6 Å². The Bertz CT molecular complexity index is 621. The third-order valence-electron chi connectivity index (χ3n) is 3.78. The lowest BCUT2D eigenvalue weighted by Crippen LogP contribution is -2.45. The Labute approximate surface area is 136 Å². The predicted octanol–water partition coefficient (Wildman–Crippen LogP) is 3.08. The van der Waals surface area contributed by atoms with Crippen LogP contribution in [0.5, 0.6) is 0 Å². The van der Waals surface area contributed by atoms with E-state index < -0.39 is 5.60 Å². The number of carbonyl (C=O) groups is 1. The third-order valence-corrected chi connectivity index (χ3v) is 5.35. The van der Waals surface area contributed by atoms with Gasteiger partial charge in [-0.1, -0.05) is 30.6 Å². The predicted molar refractivity (Wildman–Crippen MR) is 88.3 cm³/mol. The zero-order valence-corrected chi connectivity index (χ0v) is 13.7. The Morgan fingerprint density at radius 2 is 2.14 bits per heavy atom. The molecule has 6 nitrogen and oxygen atoms in total. The van der Waals surface area contributed by atoms with Crippen molar-refractivity contribution in [3.8, 4) is 10.6 Å². The molecule has 118 valence electrons. The van der Waals surface area contributed by atoms with E-state index in [-0.39, 0.29) is 12.6 Å². The molecule has 22 heavy (non-hydrogen) atoms. The molecule has 2 aromatic heterocycles. The fourth-order valence-corrected chi connectivity index (χ4v) is 4.00. The van der Waals surface area contributed by atoms with Gasteiger partial charge in [0.2, 0.25) is 5.13 Å². The molecule has 1 aliphatic carbocycles. The molecular weight excluding hydrogens is 320 g/mol. The first-order chi connectivity index (χ1) is 10.6. The van der Waals surface area contributed by atoms with Crippen molar-refractivity contribution in [2.45, 2.75) is 37.7 Å². The van der Waals surface area contributed by atoms with Crippen LogP contribution in [0.3, 0.4) is 0 Å². The van der Waals surface area contributed by atoms with Gasteiger partial charge in [-0.2, -0.15) is 11.3 Å². The number of rotatable bonds is 4. The summed E-state index contributed by atoms with van der Waals surface area (Å²) >= 11 is 2.92. The summed E-state index contributed by atoms with van der Waals surface area (Å²) < 4.78 is 0. The maximum absolute atomic E-state index is 11.9. The summed E-state index contributed by atoms with van der Waals surface area (Å²) in [6, 6.07) is 1.61. The summed E-state index contributed by atoms with van der Waals surface area (Å²) in [5, 5.41) is 29.0. The molecule has 3 N–H and O–H groups in total. The van der Waals surface area contributed by atoms with E-state index in [4.69, 9.17) is 0 Å². The van der Waals surface area contributed by atoms with Crippen molar-refractivity contribution < 1.29 is 9.90 Å². The normalized spacial score (nSPS) is 17.1. The lowest BCUT2D eigenvalue weighted by Gasteiger charge is -2.31. The number of anilines is 1. The molecule has 0 spiro atoms. The Hall–Kier alpha value is -1.51. The van der Waals surface area contributed by atoms with Crippen LogP contribution in [0.2, 0.25) is 0 Å². The minimum Gasteiger partial charge on any atom is -0.388 e. The third kappa shape index (κ3) is 3.82. The van der Waals surface area contributed by atoms with Gasteiger partial charge in [0.15, 0.2) is 0 Å². The molecule has 8 heteroatoms. The smallest absolute Gasteiger partial charge is 0.321 e. The van der Waals surface area contributed by atoms with Crippen molar-refractivity contribution in [1.82, 2.24) is 15.5 Å². The first-order valence-corrected chi connectivity index (χ1v) is 9.04. The fourth-order valence-electron chi connectivity index (χ4n) is 2.55. The number of hydrogen-bond acceptors (Lipinski definition) is 6. The van der Waals surface area contributed by atoms with E-state index in [1.165, 1.54) is 11.3 Å². The largest absolute Gasteiger partial charge is 0.388 e. The van der Waals surface area contributed by atoms with Crippen LogP contribution in [-0.4, -0.2) is 33.5 Å². The van der Waals surface area contributed by atoms with Gasteiger partial charge in [-0.25, -0.2) is 4.79 Å². The SMILES string of the molecule is O=C(NCC1(O)CCCCC1)Nc1nnc(-c2ccsc2)s1.